The van der Waals surface area contributed by atoms with Crippen LogP contribution in [0, 0.1) is 0 Å². The van der Waals surface area contributed by atoms with Crippen molar-refractivity contribution in [3.05, 3.63) is 46.4 Å². The van der Waals surface area contributed by atoms with E-state index in [2.05, 4.69) is 10.3 Å². The van der Waals surface area contributed by atoms with Crippen molar-refractivity contribution in [2.45, 2.75) is 0 Å². The molecule has 124 valence electrons. The molecule has 1 heterocycles. The Hall–Kier alpha value is -2.02. The number of carbonyl (C=O) groups excluding carboxylic acids is 1. The summed E-state index contributed by atoms with van der Waals surface area (Å²) in [4.78, 5) is 16.3. The summed E-state index contributed by atoms with van der Waals surface area (Å²) in [6.45, 7) is -0.123. The van der Waals surface area contributed by atoms with Crippen molar-refractivity contribution in [3.63, 3.8) is 0 Å². The molecule has 2 aromatic carbocycles. The molecular weight excluding hydrogens is 371 g/mol. The molecule has 1 aromatic heterocycles. The number of hydrogen-bond donors (Lipinski definition) is 1. The van der Waals surface area contributed by atoms with E-state index >= 15 is 0 Å². The van der Waals surface area contributed by atoms with E-state index in [0.29, 0.717) is 32.2 Å². The van der Waals surface area contributed by atoms with Gasteiger partial charge in [0.1, 0.15) is 11.5 Å². The molecule has 24 heavy (non-hydrogen) atoms. The van der Waals surface area contributed by atoms with Crippen LogP contribution >= 0.6 is 34.5 Å². The van der Waals surface area contributed by atoms with E-state index in [0.717, 1.165) is 4.70 Å². The van der Waals surface area contributed by atoms with Gasteiger partial charge in [0, 0.05) is 11.1 Å². The molecule has 5 nitrogen and oxygen atoms in total. The zero-order valence-electron chi connectivity index (χ0n) is 12.5. The van der Waals surface area contributed by atoms with Crippen LogP contribution in [0.5, 0.6) is 11.5 Å². The van der Waals surface area contributed by atoms with E-state index in [-0.39, 0.29) is 12.5 Å². The number of halogens is 2. The minimum Gasteiger partial charge on any atom is -0.495 e. The smallest absolute Gasteiger partial charge is 0.264 e. The van der Waals surface area contributed by atoms with Gasteiger partial charge in [-0.1, -0.05) is 34.5 Å². The molecule has 0 radical (unpaired) electrons. The van der Waals surface area contributed by atoms with Crippen LogP contribution in [0.25, 0.3) is 10.2 Å². The molecule has 1 amide bonds. The molecule has 0 aliphatic carbocycles. The van der Waals surface area contributed by atoms with Gasteiger partial charge in [0.25, 0.3) is 5.91 Å². The lowest BCUT2D eigenvalue weighted by Crippen LogP contribution is -2.19. The molecule has 3 rings (SSSR count). The van der Waals surface area contributed by atoms with E-state index in [1.165, 1.54) is 11.3 Å². The number of anilines is 1. The van der Waals surface area contributed by atoms with E-state index in [1.807, 2.05) is 0 Å². The Kier molecular flexibility index (Phi) is 5.08. The highest BCUT2D eigenvalue weighted by atomic mass is 35.5. The predicted octanol–water partition coefficient (Wildman–Crippen LogP) is 4.63. The fourth-order valence-electron chi connectivity index (χ4n) is 1.97. The lowest BCUT2D eigenvalue weighted by Gasteiger charge is -2.05. The van der Waals surface area contributed by atoms with E-state index in [4.69, 9.17) is 32.7 Å². The molecular formula is C16H12Cl2N2O3S. The Morgan fingerprint density at radius 3 is 2.71 bits per heavy atom. The first-order chi connectivity index (χ1) is 11.5. The average molecular weight is 383 g/mol. The van der Waals surface area contributed by atoms with Crippen molar-refractivity contribution in [1.82, 2.24) is 4.98 Å². The number of thiazole rings is 1. The first-order valence-corrected chi connectivity index (χ1v) is 8.44. The summed E-state index contributed by atoms with van der Waals surface area (Å²) in [6.07, 6.45) is 0. The number of rotatable bonds is 5. The second kappa shape index (κ2) is 7.25. The summed E-state index contributed by atoms with van der Waals surface area (Å²) >= 11 is 13.2. The van der Waals surface area contributed by atoms with Crippen molar-refractivity contribution < 1.29 is 14.3 Å². The summed E-state index contributed by atoms with van der Waals surface area (Å²) in [6, 6.07) is 10.3. The maximum absolute atomic E-state index is 12.0. The average Bonchev–Trinajstić information content (AvgIpc) is 2.94. The number of carbonyl (C=O) groups is 1. The number of ether oxygens (including phenoxy) is 2. The molecule has 0 atom stereocenters. The first-order valence-electron chi connectivity index (χ1n) is 6.87. The second-order valence-electron chi connectivity index (χ2n) is 4.76. The van der Waals surface area contributed by atoms with Gasteiger partial charge in [-0.25, -0.2) is 4.98 Å². The molecule has 0 aliphatic heterocycles. The minimum absolute atomic E-state index is 0.123. The van der Waals surface area contributed by atoms with Crippen LogP contribution < -0.4 is 14.8 Å². The quantitative estimate of drug-likeness (QED) is 0.698. The number of benzene rings is 2. The predicted molar refractivity (Wildman–Crippen MR) is 96.8 cm³/mol. The third kappa shape index (κ3) is 3.90. The number of methoxy groups -OCH3 is 1. The van der Waals surface area contributed by atoms with Gasteiger partial charge in [0.2, 0.25) is 0 Å². The lowest BCUT2D eigenvalue weighted by molar-refractivity contribution is -0.118. The first kappa shape index (κ1) is 16.8. The minimum atomic E-state index is -0.304. The normalized spacial score (nSPS) is 10.6. The van der Waals surface area contributed by atoms with Gasteiger partial charge in [-0.05, 0) is 30.3 Å². The SMILES string of the molecule is COc1cc2sc(NC(=O)COc3ccc(Cl)cc3)nc2cc1Cl. The Morgan fingerprint density at radius 2 is 2.00 bits per heavy atom. The third-order valence-electron chi connectivity index (χ3n) is 3.09. The van der Waals surface area contributed by atoms with Gasteiger partial charge in [-0.2, -0.15) is 0 Å². The largest absolute Gasteiger partial charge is 0.495 e. The van der Waals surface area contributed by atoms with E-state index in [1.54, 1.807) is 43.5 Å². The monoisotopic (exact) mass is 382 g/mol. The van der Waals surface area contributed by atoms with Gasteiger partial charge < -0.3 is 9.47 Å². The fraction of sp³-hybridized carbons (Fsp3) is 0.125. The van der Waals surface area contributed by atoms with Gasteiger partial charge in [0.15, 0.2) is 11.7 Å². The Bertz CT molecular complexity index is 881. The van der Waals surface area contributed by atoms with Crippen molar-refractivity contribution >= 4 is 55.8 Å². The second-order valence-corrected chi connectivity index (χ2v) is 6.64. The van der Waals surface area contributed by atoms with E-state index < -0.39 is 0 Å². The standard InChI is InChI=1S/C16H12Cl2N2O3S/c1-22-13-7-14-12(6-11(13)18)19-16(24-14)20-15(21)8-23-10-4-2-9(17)3-5-10/h2-7H,8H2,1H3,(H,19,20,21). The molecule has 0 saturated heterocycles. The van der Waals surface area contributed by atoms with Crippen molar-refractivity contribution in [3.8, 4) is 11.5 Å². The van der Waals surface area contributed by atoms with Crippen molar-refractivity contribution in [1.29, 1.82) is 0 Å². The van der Waals surface area contributed by atoms with Gasteiger partial charge in [-0.3, -0.25) is 10.1 Å². The molecule has 0 saturated carbocycles. The molecule has 3 aromatic rings. The van der Waals surface area contributed by atoms with E-state index in [9.17, 15) is 4.79 Å². The zero-order chi connectivity index (χ0) is 17.1. The molecule has 0 fully saturated rings. The summed E-state index contributed by atoms with van der Waals surface area (Å²) in [7, 11) is 1.55. The van der Waals surface area contributed by atoms with Crippen LogP contribution in [0.2, 0.25) is 10.0 Å². The summed E-state index contributed by atoms with van der Waals surface area (Å²) in [5.74, 6) is 0.828. The highest BCUT2D eigenvalue weighted by molar-refractivity contribution is 7.22. The Balaban J connectivity index is 1.65. The van der Waals surface area contributed by atoms with Gasteiger partial charge in [0.05, 0.1) is 22.3 Å². The maximum atomic E-state index is 12.0. The lowest BCUT2D eigenvalue weighted by atomic mass is 10.3. The molecule has 0 bridgehead atoms. The molecule has 0 spiro atoms. The topological polar surface area (TPSA) is 60.5 Å². The number of fused-ring (bicyclic) bond motifs is 1. The van der Waals surface area contributed by atoms with Crippen molar-refractivity contribution in [2.24, 2.45) is 0 Å². The van der Waals surface area contributed by atoms with Crippen LogP contribution in [-0.2, 0) is 4.79 Å². The van der Waals surface area contributed by atoms with Gasteiger partial charge >= 0.3 is 0 Å². The molecule has 0 aliphatic rings. The maximum Gasteiger partial charge on any atom is 0.264 e. The number of nitrogens with zero attached hydrogens (tertiary/aromatic N) is 1. The van der Waals surface area contributed by atoms with Crippen LogP contribution in [0.4, 0.5) is 5.13 Å². The van der Waals surface area contributed by atoms with Crippen molar-refractivity contribution in [2.75, 3.05) is 19.0 Å². The van der Waals surface area contributed by atoms with Crippen LogP contribution in [-0.4, -0.2) is 24.6 Å². The fourth-order valence-corrected chi connectivity index (χ4v) is 3.23. The van der Waals surface area contributed by atoms with Gasteiger partial charge in [-0.15, -0.1) is 0 Å². The zero-order valence-corrected chi connectivity index (χ0v) is 14.8. The highest BCUT2D eigenvalue weighted by Crippen LogP contribution is 2.34. The molecule has 8 heteroatoms. The third-order valence-corrected chi connectivity index (χ3v) is 4.57. The number of hydrogen-bond acceptors (Lipinski definition) is 5. The van der Waals surface area contributed by atoms with Crippen LogP contribution in [0.3, 0.4) is 0 Å². The number of aromatic nitrogens is 1. The van der Waals surface area contributed by atoms with Crippen LogP contribution in [0.1, 0.15) is 0 Å². The summed E-state index contributed by atoms with van der Waals surface area (Å²) in [5.41, 5.74) is 0.694. The molecule has 0 unspecified atom stereocenters. The highest BCUT2D eigenvalue weighted by Gasteiger charge is 2.11. The number of nitrogens with one attached hydrogen (secondary N) is 1. The Labute approximate surface area is 152 Å². The number of amides is 1. The Morgan fingerprint density at radius 1 is 1.25 bits per heavy atom. The molecule has 1 N–H and O–H groups in total. The summed E-state index contributed by atoms with van der Waals surface area (Å²) < 4.78 is 11.4. The van der Waals surface area contributed by atoms with Crippen LogP contribution in [0.15, 0.2) is 36.4 Å². The summed E-state index contributed by atoms with van der Waals surface area (Å²) in [5, 5.41) is 4.25.